The van der Waals surface area contributed by atoms with Crippen LogP contribution in [0.3, 0.4) is 0 Å². The predicted octanol–water partition coefficient (Wildman–Crippen LogP) is 5.35. The summed E-state index contributed by atoms with van der Waals surface area (Å²) in [5.74, 6) is -1.29. The number of rotatable bonds is 3. The lowest BCUT2D eigenvalue weighted by Crippen LogP contribution is -2.10. The number of halogens is 6. The van der Waals surface area contributed by atoms with Gasteiger partial charge >= 0.3 is 12.1 Å². The Kier molecular flexibility index (Phi) is 5.08. The van der Waals surface area contributed by atoms with Crippen LogP contribution in [0.1, 0.15) is 11.1 Å². The summed E-state index contributed by atoms with van der Waals surface area (Å²) in [6, 6.07) is 3.46. The highest BCUT2D eigenvalue weighted by atomic mass is 35.5. The van der Waals surface area contributed by atoms with Crippen LogP contribution in [0.5, 0.6) is 0 Å². The molecule has 3 nitrogen and oxygen atoms in total. The fraction of sp³-hybridized carbons (Fsp3) is 0.143. The molecule has 0 radical (unpaired) electrons. The van der Waals surface area contributed by atoms with Gasteiger partial charge in [0.05, 0.1) is 32.7 Å². The molecule has 2 rings (SSSR count). The monoisotopic (exact) mass is 383 g/mol. The lowest BCUT2D eigenvalue weighted by Gasteiger charge is -2.13. The van der Waals surface area contributed by atoms with Crippen molar-refractivity contribution in [3.63, 3.8) is 0 Å². The minimum absolute atomic E-state index is 0.0425. The average molecular weight is 385 g/mol. The first kappa shape index (κ1) is 17.8. The summed E-state index contributed by atoms with van der Waals surface area (Å²) in [5, 5.41) is 9.15. The molecule has 23 heavy (non-hydrogen) atoms. The Hall–Kier alpha value is -1.50. The van der Waals surface area contributed by atoms with Crippen LogP contribution in [0, 0.1) is 0 Å². The Labute approximate surface area is 143 Å². The van der Waals surface area contributed by atoms with E-state index >= 15 is 0 Å². The van der Waals surface area contributed by atoms with Gasteiger partial charge in [-0.3, -0.25) is 9.78 Å². The van der Waals surface area contributed by atoms with Crippen molar-refractivity contribution in [2.24, 2.45) is 0 Å². The molecule has 0 amide bonds. The molecule has 0 fully saturated rings. The van der Waals surface area contributed by atoms with Gasteiger partial charge in [0, 0.05) is 11.8 Å². The van der Waals surface area contributed by atoms with Crippen molar-refractivity contribution in [1.82, 2.24) is 4.98 Å². The van der Waals surface area contributed by atoms with Crippen molar-refractivity contribution in [2.45, 2.75) is 12.6 Å². The van der Waals surface area contributed by atoms with Crippen molar-refractivity contribution in [2.75, 3.05) is 0 Å². The maximum absolute atomic E-state index is 12.8. The van der Waals surface area contributed by atoms with E-state index in [1.807, 2.05) is 0 Å². The number of hydrogen-bond donors (Lipinski definition) is 1. The van der Waals surface area contributed by atoms with Gasteiger partial charge in [0.1, 0.15) is 0 Å². The van der Waals surface area contributed by atoms with Crippen molar-refractivity contribution >= 4 is 40.8 Å². The topological polar surface area (TPSA) is 50.2 Å². The summed E-state index contributed by atoms with van der Waals surface area (Å²) in [4.78, 5) is 14.7. The lowest BCUT2D eigenvalue weighted by molar-refractivity contribution is -0.139. The van der Waals surface area contributed by atoms with E-state index in [-0.39, 0.29) is 31.9 Å². The molecule has 0 saturated carbocycles. The minimum Gasteiger partial charge on any atom is -0.481 e. The highest BCUT2D eigenvalue weighted by Crippen LogP contribution is 2.37. The van der Waals surface area contributed by atoms with Gasteiger partial charge in [-0.15, -0.1) is 0 Å². The van der Waals surface area contributed by atoms with E-state index in [1.54, 1.807) is 0 Å². The zero-order chi connectivity index (χ0) is 17.4. The van der Waals surface area contributed by atoms with Crippen LogP contribution in [0.25, 0.3) is 11.3 Å². The Balaban J connectivity index is 2.64. The number of aromatic nitrogens is 1. The Morgan fingerprint density at radius 1 is 1.13 bits per heavy atom. The third-order valence-electron chi connectivity index (χ3n) is 2.89. The molecule has 0 aliphatic rings. The zero-order valence-corrected chi connectivity index (χ0v) is 13.4. The second-order valence-electron chi connectivity index (χ2n) is 4.55. The number of pyridine rings is 1. The third-order valence-corrected chi connectivity index (χ3v) is 4.09. The van der Waals surface area contributed by atoms with Crippen molar-refractivity contribution in [3.8, 4) is 11.3 Å². The quantitative estimate of drug-likeness (QED) is 0.725. The molecule has 1 heterocycles. The summed E-state index contributed by atoms with van der Waals surface area (Å²) in [6.07, 6.45) is -4.64. The van der Waals surface area contributed by atoms with Crippen LogP contribution in [-0.4, -0.2) is 16.1 Å². The standard InChI is InChI=1S/C14H7Cl3F3NO2/c15-9-2-7(3-10(16)12(9)17)13-6(4-11(22)23)1-8(5-21-13)14(18,19)20/h1-3,5H,4H2,(H,22,23). The van der Waals surface area contributed by atoms with Crippen LogP contribution < -0.4 is 0 Å². The van der Waals surface area contributed by atoms with E-state index in [4.69, 9.17) is 39.9 Å². The van der Waals surface area contributed by atoms with Gasteiger partial charge in [0.2, 0.25) is 0 Å². The molecule has 0 aliphatic heterocycles. The van der Waals surface area contributed by atoms with E-state index in [1.165, 1.54) is 12.1 Å². The van der Waals surface area contributed by atoms with Gasteiger partial charge in [-0.1, -0.05) is 34.8 Å². The van der Waals surface area contributed by atoms with Gasteiger partial charge in [0.15, 0.2) is 0 Å². The summed E-state index contributed by atoms with van der Waals surface area (Å²) in [5.41, 5.74) is -0.833. The summed E-state index contributed by atoms with van der Waals surface area (Å²) in [6.45, 7) is 0. The SMILES string of the molecule is O=C(O)Cc1cc(C(F)(F)F)cnc1-c1cc(Cl)c(Cl)c(Cl)c1. The molecule has 1 N–H and O–H groups in total. The summed E-state index contributed by atoms with van der Waals surface area (Å²) < 4.78 is 38.3. The molecule has 1 aromatic heterocycles. The van der Waals surface area contributed by atoms with E-state index in [0.29, 0.717) is 6.20 Å². The number of nitrogens with zero attached hydrogens (tertiary/aromatic N) is 1. The number of carboxylic acid groups (broad SMARTS) is 1. The number of benzene rings is 1. The fourth-order valence-electron chi connectivity index (χ4n) is 1.92. The molecule has 9 heteroatoms. The summed E-state index contributed by atoms with van der Waals surface area (Å²) >= 11 is 17.6. The van der Waals surface area contributed by atoms with Gasteiger partial charge < -0.3 is 5.11 Å². The Bertz CT molecular complexity index is 755. The third kappa shape index (κ3) is 4.07. The lowest BCUT2D eigenvalue weighted by atomic mass is 10.0. The zero-order valence-electron chi connectivity index (χ0n) is 11.1. The largest absolute Gasteiger partial charge is 0.481 e. The Morgan fingerprint density at radius 2 is 1.70 bits per heavy atom. The molecule has 0 unspecified atom stereocenters. The number of hydrogen-bond acceptors (Lipinski definition) is 2. The van der Waals surface area contributed by atoms with Gasteiger partial charge in [-0.25, -0.2) is 0 Å². The normalized spacial score (nSPS) is 11.6. The van der Waals surface area contributed by atoms with E-state index in [2.05, 4.69) is 4.98 Å². The van der Waals surface area contributed by atoms with Crippen LogP contribution in [0.15, 0.2) is 24.4 Å². The first-order valence-corrected chi connectivity index (χ1v) is 7.16. The first-order chi connectivity index (χ1) is 10.6. The second-order valence-corrected chi connectivity index (χ2v) is 5.75. The van der Waals surface area contributed by atoms with Crippen LogP contribution in [0.2, 0.25) is 15.1 Å². The fourth-order valence-corrected chi connectivity index (χ4v) is 2.51. The van der Waals surface area contributed by atoms with Crippen LogP contribution in [-0.2, 0) is 17.4 Å². The average Bonchev–Trinajstić information content (AvgIpc) is 2.42. The van der Waals surface area contributed by atoms with Crippen molar-refractivity contribution in [1.29, 1.82) is 0 Å². The molecular weight excluding hydrogens is 378 g/mol. The summed E-state index contributed by atoms with van der Waals surface area (Å²) in [7, 11) is 0. The van der Waals surface area contributed by atoms with Gasteiger partial charge in [0.25, 0.3) is 0 Å². The number of alkyl halides is 3. The minimum atomic E-state index is -4.63. The van der Waals surface area contributed by atoms with E-state index < -0.39 is 24.1 Å². The van der Waals surface area contributed by atoms with Gasteiger partial charge in [-0.2, -0.15) is 13.2 Å². The number of carbonyl (C=O) groups is 1. The van der Waals surface area contributed by atoms with Crippen molar-refractivity contribution < 1.29 is 23.1 Å². The molecule has 0 aliphatic carbocycles. The smallest absolute Gasteiger partial charge is 0.417 e. The first-order valence-electron chi connectivity index (χ1n) is 6.02. The van der Waals surface area contributed by atoms with E-state index in [9.17, 15) is 18.0 Å². The van der Waals surface area contributed by atoms with Crippen LogP contribution in [0.4, 0.5) is 13.2 Å². The highest BCUT2D eigenvalue weighted by Gasteiger charge is 2.32. The molecule has 122 valence electrons. The molecule has 2 aromatic rings. The highest BCUT2D eigenvalue weighted by molar-refractivity contribution is 6.48. The maximum atomic E-state index is 12.8. The molecule has 1 aromatic carbocycles. The molecular formula is C14H7Cl3F3NO2. The molecule has 0 atom stereocenters. The molecule has 0 saturated heterocycles. The van der Waals surface area contributed by atoms with Crippen molar-refractivity contribution in [3.05, 3.63) is 50.6 Å². The number of aliphatic carboxylic acids is 1. The molecule has 0 bridgehead atoms. The van der Waals surface area contributed by atoms with Crippen LogP contribution >= 0.6 is 34.8 Å². The second kappa shape index (κ2) is 6.55. The van der Waals surface area contributed by atoms with Gasteiger partial charge in [-0.05, 0) is 23.8 Å². The maximum Gasteiger partial charge on any atom is 0.417 e. The molecule has 0 spiro atoms. The number of carboxylic acids is 1. The van der Waals surface area contributed by atoms with E-state index in [0.717, 1.165) is 6.07 Å². The predicted molar refractivity (Wildman–Crippen MR) is 81.0 cm³/mol. The Morgan fingerprint density at radius 3 is 2.17 bits per heavy atom.